The largest absolute Gasteiger partial charge is 0.473 e. The minimum Gasteiger partial charge on any atom is -0.473 e. The summed E-state index contributed by atoms with van der Waals surface area (Å²) >= 11 is 0. The van der Waals surface area contributed by atoms with Crippen LogP contribution in [0.4, 0.5) is 0 Å². The van der Waals surface area contributed by atoms with Gasteiger partial charge in [0.05, 0.1) is 5.56 Å². The second kappa shape index (κ2) is 6.88. The van der Waals surface area contributed by atoms with E-state index in [1.54, 1.807) is 0 Å². The van der Waals surface area contributed by atoms with Crippen LogP contribution in [0.25, 0.3) is 11.3 Å². The topological polar surface area (TPSA) is 64.3 Å². The molecule has 26 heavy (non-hydrogen) atoms. The van der Waals surface area contributed by atoms with E-state index < -0.39 is 0 Å². The fourth-order valence-electron chi connectivity index (χ4n) is 3.18. The Balaban J connectivity index is 1.54. The summed E-state index contributed by atoms with van der Waals surface area (Å²) in [6.07, 6.45) is 4.76. The van der Waals surface area contributed by atoms with Crippen molar-refractivity contribution >= 4 is 0 Å². The molecule has 0 saturated heterocycles. The zero-order valence-electron chi connectivity index (χ0n) is 15.3. The lowest BCUT2D eigenvalue weighted by molar-refractivity contribution is 0.285. The second-order valence-electron chi connectivity index (χ2n) is 6.82. The average molecular weight is 350 g/mol. The van der Waals surface area contributed by atoms with Crippen LogP contribution in [0.2, 0.25) is 0 Å². The molecule has 4 rings (SSSR count). The van der Waals surface area contributed by atoms with Crippen LogP contribution in [0, 0.1) is 13.8 Å². The molecule has 134 valence electrons. The lowest BCUT2D eigenvalue weighted by atomic mass is 10.0. The number of nitrogens with zero attached hydrogens (tertiary/aromatic N) is 4. The van der Waals surface area contributed by atoms with Gasteiger partial charge in [-0.15, -0.1) is 0 Å². The number of pyridine rings is 2. The van der Waals surface area contributed by atoms with Crippen molar-refractivity contribution in [3.05, 3.63) is 58.7 Å². The molecule has 0 bridgehead atoms. The zero-order chi connectivity index (χ0) is 18.1. The van der Waals surface area contributed by atoms with Gasteiger partial charge in [-0.05, 0) is 50.6 Å². The fourth-order valence-corrected chi connectivity index (χ4v) is 3.18. The number of aryl methyl sites for hydroxylation is 2. The molecule has 1 aliphatic rings. The van der Waals surface area contributed by atoms with Gasteiger partial charge in [-0.2, -0.15) is 0 Å². The van der Waals surface area contributed by atoms with Gasteiger partial charge in [0.1, 0.15) is 18.1 Å². The maximum absolute atomic E-state index is 5.96. The molecular formula is C20H22N4O2. The van der Waals surface area contributed by atoms with Crippen LogP contribution >= 0.6 is 0 Å². The molecule has 4 heterocycles. The lowest BCUT2D eigenvalue weighted by Gasteiger charge is -2.24. The number of rotatable bonds is 4. The van der Waals surface area contributed by atoms with E-state index in [9.17, 15) is 0 Å². The molecule has 0 amide bonds. The number of hydrogen-bond donors (Lipinski definition) is 0. The molecule has 0 N–H and O–H groups in total. The van der Waals surface area contributed by atoms with E-state index in [1.807, 2.05) is 38.4 Å². The minimum atomic E-state index is 0.365. The Kier molecular flexibility index (Phi) is 4.42. The molecule has 0 fully saturated rings. The average Bonchev–Trinajstić information content (AvgIpc) is 3.01. The Labute approximate surface area is 152 Å². The number of ether oxygens (including phenoxy) is 1. The third-order valence-corrected chi connectivity index (χ3v) is 4.79. The van der Waals surface area contributed by atoms with Crippen molar-refractivity contribution in [1.29, 1.82) is 0 Å². The first kappa shape index (κ1) is 16.7. The van der Waals surface area contributed by atoms with Gasteiger partial charge in [0.25, 0.3) is 0 Å². The van der Waals surface area contributed by atoms with E-state index in [1.165, 1.54) is 11.1 Å². The Hall–Kier alpha value is -2.73. The van der Waals surface area contributed by atoms with Gasteiger partial charge in [0.15, 0.2) is 0 Å². The van der Waals surface area contributed by atoms with E-state index >= 15 is 0 Å². The normalized spacial score (nSPS) is 14.3. The van der Waals surface area contributed by atoms with E-state index in [4.69, 9.17) is 9.26 Å². The summed E-state index contributed by atoms with van der Waals surface area (Å²) in [5.74, 6) is 1.39. The molecule has 1 aliphatic heterocycles. The van der Waals surface area contributed by atoms with E-state index in [2.05, 4.69) is 33.1 Å². The Morgan fingerprint density at radius 2 is 2.04 bits per heavy atom. The summed E-state index contributed by atoms with van der Waals surface area (Å²) in [4.78, 5) is 11.1. The first-order chi connectivity index (χ1) is 12.6. The monoisotopic (exact) mass is 350 g/mol. The van der Waals surface area contributed by atoms with E-state index in [0.29, 0.717) is 12.5 Å². The number of aromatic nitrogens is 3. The van der Waals surface area contributed by atoms with Crippen molar-refractivity contribution in [3.8, 4) is 17.1 Å². The highest BCUT2D eigenvalue weighted by Gasteiger charge is 2.18. The maximum Gasteiger partial charge on any atom is 0.213 e. The molecule has 6 nitrogen and oxygen atoms in total. The summed E-state index contributed by atoms with van der Waals surface area (Å²) in [5.41, 5.74) is 6.18. The van der Waals surface area contributed by atoms with Gasteiger partial charge in [0.2, 0.25) is 5.88 Å². The van der Waals surface area contributed by atoms with Crippen molar-refractivity contribution in [2.75, 3.05) is 13.6 Å². The zero-order valence-corrected chi connectivity index (χ0v) is 15.3. The molecule has 0 atom stereocenters. The van der Waals surface area contributed by atoms with Gasteiger partial charge in [0, 0.05) is 42.8 Å². The van der Waals surface area contributed by atoms with Crippen LogP contribution in [-0.4, -0.2) is 33.6 Å². The van der Waals surface area contributed by atoms with Crippen LogP contribution in [0.3, 0.4) is 0 Å². The van der Waals surface area contributed by atoms with Gasteiger partial charge in [-0.1, -0.05) is 5.16 Å². The molecule has 3 aromatic heterocycles. The van der Waals surface area contributed by atoms with Crippen LogP contribution in [0.5, 0.6) is 5.88 Å². The Bertz CT molecular complexity index is 918. The SMILES string of the molecule is Cc1ccc(-c2noc(C)c2COc2cc3c(cn2)CN(C)CC3)cn1. The standard InChI is InChI=1S/C20H22N4O2/c1-13-4-5-16(9-21-13)20-18(14(2)26-23-20)12-25-19-8-15-6-7-24(3)11-17(15)10-22-19/h4-5,8-10H,6-7,11-12H2,1-3H3. The smallest absolute Gasteiger partial charge is 0.213 e. The summed E-state index contributed by atoms with van der Waals surface area (Å²) in [5, 5.41) is 4.19. The maximum atomic E-state index is 5.96. The van der Waals surface area contributed by atoms with Crippen LogP contribution in [-0.2, 0) is 19.6 Å². The Morgan fingerprint density at radius 3 is 2.85 bits per heavy atom. The highest BCUT2D eigenvalue weighted by molar-refractivity contribution is 5.62. The molecule has 3 aromatic rings. The molecule has 6 heteroatoms. The fraction of sp³-hybridized carbons (Fsp3) is 0.350. The third kappa shape index (κ3) is 3.32. The van der Waals surface area contributed by atoms with Gasteiger partial charge in [-0.25, -0.2) is 4.98 Å². The van der Waals surface area contributed by atoms with E-state index in [-0.39, 0.29) is 0 Å². The van der Waals surface area contributed by atoms with Crippen molar-refractivity contribution in [3.63, 3.8) is 0 Å². The van der Waals surface area contributed by atoms with Crippen LogP contribution in [0.15, 0.2) is 35.1 Å². The van der Waals surface area contributed by atoms with Crippen molar-refractivity contribution in [1.82, 2.24) is 20.0 Å². The Morgan fingerprint density at radius 1 is 1.15 bits per heavy atom. The van der Waals surface area contributed by atoms with Gasteiger partial charge >= 0.3 is 0 Å². The minimum absolute atomic E-state index is 0.365. The molecule has 0 unspecified atom stereocenters. The van der Waals surface area contributed by atoms with Crippen LogP contribution < -0.4 is 4.74 Å². The third-order valence-electron chi connectivity index (χ3n) is 4.79. The highest BCUT2D eigenvalue weighted by atomic mass is 16.5. The molecular weight excluding hydrogens is 328 g/mol. The lowest BCUT2D eigenvalue weighted by Crippen LogP contribution is -2.26. The predicted octanol–water partition coefficient (Wildman–Crippen LogP) is 3.32. The quantitative estimate of drug-likeness (QED) is 0.719. The number of hydrogen-bond acceptors (Lipinski definition) is 6. The van der Waals surface area contributed by atoms with Gasteiger partial charge in [-0.3, -0.25) is 4.98 Å². The number of fused-ring (bicyclic) bond motifs is 1. The summed E-state index contributed by atoms with van der Waals surface area (Å²) < 4.78 is 11.4. The first-order valence-corrected chi connectivity index (χ1v) is 8.77. The summed E-state index contributed by atoms with van der Waals surface area (Å²) in [6.45, 7) is 6.22. The first-order valence-electron chi connectivity index (χ1n) is 8.77. The van der Waals surface area contributed by atoms with Crippen LogP contribution in [0.1, 0.15) is 28.1 Å². The van der Waals surface area contributed by atoms with Crippen molar-refractivity contribution in [2.24, 2.45) is 0 Å². The van der Waals surface area contributed by atoms with E-state index in [0.717, 1.165) is 47.8 Å². The molecule has 0 aromatic carbocycles. The predicted molar refractivity (Wildman–Crippen MR) is 97.8 cm³/mol. The highest BCUT2D eigenvalue weighted by Crippen LogP contribution is 2.27. The summed E-state index contributed by atoms with van der Waals surface area (Å²) in [7, 11) is 2.13. The summed E-state index contributed by atoms with van der Waals surface area (Å²) in [6, 6.07) is 6.01. The second-order valence-corrected chi connectivity index (χ2v) is 6.82. The molecule has 0 radical (unpaired) electrons. The molecule has 0 spiro atoms. The molecule has 0 saturated carbocycles. The molecule has 0 aliphatic carbocycles. The number of likely N-dealkylation sites (N-methyl/N-ethyl adjacent to an activating group) is 1. The van der Waals surface area contributed by atoms with Gasteiger partial charge < -0.3 is 14.2 Å². The van der Waals surface area contributed by atoms with Crippen molar-refractivity contribution in [2.45, 2.75) is 33.4 Å². The van der Waals surface area contributed by atoms with Crippen molar-refractivity contribution < 1.29 is 9.26 Å².